The van der Waals surface area contributed by atoms with Gasteiger partial charge in [0, 0.05) is 0 Å². The van der Waals surface area contributed by atoms with Gasteiger partial charge >= 0.3 is 105 Å². The van der Waals surface area contributed by atoms with E-state index in [1.165, 1.54) is 5.56 Å². The van der Waals surface area contributed by atoms with Gasteiger partial charge in [0.1, 0.15) is 0 Å². The van der Waals surface area contributed by atoms with E-state index in [2.05, 4.69) is 18.7 Å². The second-order valence-electron chi connectivity index (χ2n) is 3.76. The van der Waals surface area contributed by atoms with Gasteiger partial charge in [-0.15, -0.1) is 0 Å². The van der Waals surface area contributed by atoms with E-state index >= 15 is 0 Å². The van der Waals surface area contributed by atoms with Gasteiger partial charge in [0.05, 0.1) is 0 Å². The van der Waals surface area contributed by atoms with E-state index in [1.54, 1.807) is 0 Å². The summed E-state index contributed by atoms with van der Waals surface area (Å²) in [4.78, 5) is 0. The molecule has 1 heterocycles. The maximum absolute atomic E-state index is 5.90. The number of nitrogens with two attached hydrogens (primary N) is 3. The van der Waals surface area contributed by atoms with Crippen molar-refractivity contribution < 1.29 is 25.9 Å². The van der Waals surface area contributed by atoms with Crippen LogP contribution in [0.15, 0.2) is 30.8 Å². The van der Waals surface area contributed by atoms with Gasteiger partial charge in [0.25, 0.3) is 0 Å². The fourth-order valence-electron chi connectivity index (χ4n) is 1.33. The molecular weight excluding hydrogens is 317 g/mol. The molecule has 16 heavy (non-hydrogen) atoms. The van der Waals surface area contributed by atoms with Gasteiger partial charge in [0.2, 0.25) is 0 Å². The fraction of sp³-hybridized carbons (Fsp3) is 0.273. The van der Waals surface area contributed by atoms with Crippen molar-refractivity contribution in [3.8, 4) is 0 Å². The van der Waals surface area contributed by atoms with E-state index in [-0.39, 0.29) is 0 Å². The van der Waals surface area contributed by atoms with E-state index < -0.39 is 30.8 Å². The summed E-state index contributed by atoms with van der Waals surface area (Å²) in [5.74, 6) is -1.11. The maximum atomic E-state index is 5.90. The average Bonchev–Trinajstić information content (AvgIpc) is 2.76. The quantitative estimate of drug-likeness (QED) is 0.182. The molecule has 0 radical (unpaired) electrons. The molecule has 1 atom stereocenters. The number of hydrogen-bond donors (Lipinski definition) is 3. The Balaban J connectivity index is 1.98. The molecule has 0 aromatic heterocycles. The molecule has 1 fully saturated rings. The Kier molecular flexibility index (Phi) is 3.06. The number of ether oxygens (including phenoxy) is 1. The predicted molar refractivity (Wildman–Crippen MR) is 59.3 cm³/mol. The van der Waals surface area contributed by atoms with Crippen LogP contribution in [-0.4, -0.2) is 9.58 Å². The summed E-state index contributed by atoms with van der Waals surface area (Å²) in [5, 5.41) is 0. The summed E-state index contributed by atoms with van der Waals surface area (Å²) in [6.45, 7) is 3.74. The number of rotatable bonds is 4. The Labute approximate surface area is 105 Å². The third kappa shape index (κ3) is 2.28. The summed E-state index contributed by atoms with van der Waals surface area (Å²) in [6.07, 6.45) is 1.82. The van der Waals surface area contributed by atoms with Crippen molar-refractivity contribution in [3.63, 3.8) is 0 Å². The SMILES string of the molecule is C=Cc1cccc(C[I-]C2(N)OC2(N)N)c1. The summed E-state index contributed by atoms with van der Waals surface area (Å²) < 4.78 is 5.26. The molecule has 2 rings (SSSR count). The van der Waals surface area contributed by atoms with Crippen LogP contribution in [-0.2, 0) is 9.16 Å². The molecule has 0 saturated carbocycles. The third-order valence-corrected chi connectivity index (χ3v) is 5.87. The third-order valence-electron chi connectivity index (χ3n) is 2.41. The zero-order valence-corrected chi connectivity index (χ0v) is 11.0. The van der Waals surface area contributed by atoms with Crippen molar-refractivity contribution in [2.75, 3.05) is 0 Å². The second kappa shape index (κ2) is 4.08. The first-order chi connectivity index (χ1) is 7.47. The first-order valence-corrected chi connectivity index (χ1v) is 7.46. The zero-order chi connectivity index (χ0) is 11.8. The van der Waals surface area contributed by atoms with Crippen molar-refractivity contribution >= 4 is 6.08 Å². The number of benzene rings is 1. The summed E-state index contributed by atoms with van der Waals surface area (Å²) in [7, 11) is 0. The Morgan fingerprint density at radius 2 is 2.06 bits per heavy atom. The van der Waals surface area contributed by atoms with E-state index in [4.69, 9.17) is 21.9 Å². The Bertz CT molecular complexity index is 421. The van der Waals surface area contributed by atoms with Crippen molar-refractivity contribution in [3.05, 3.63) is 42.0 Å². The summed E-state index contributed by atoms with van der Waals surface area (Å²) >= 11 is -0.422. The average molecular weight is 332 g/mol. The number of alkyl halides is 2. The molecule has 0 amide bonds. The van der Waals surface area contributed by atoms with Crippen LogP contribution < -0.4 is 38.4 Å². The molecular formula is C11H15IN3O-. The molecule has 4 nitrogen and oxygen atoms in total. The minimum atomic E-state index is -1.11. The molecule has 0 spiro atoms. The molecule has 1 aliphatic rings. The molecule has 6 N–H and O–H groups in total. The molecule has 1 aliphatic heterocycles. The Hall–Kier alpha value is -0.470. The van der Waals surface area contributed by atoms with Crippen LogP contribution in [0.25, 0.3) is 6.08 Å². The monoisotopic (exact) mass is 332 g/mol. The number of hydrogen-bond acceptors (Lipinski definition) is 4. The second-order valence-corrected chi connectivity index (χ2v) is 6.88. The van der Waals surface area contributed by atoms with Crippen LogP contribution in [0.4, 0.5) is 0 Å². The molecule has 0 aliphatic carbocycles. The molecule has 0 bridgehead atoms. The van der Waals surface area contributed by atoms with E-state index in [0.29, 0.717) is 0 Å². The minimum absolute atomic E-state index is 0.422. The standard InChI is InChI=1S/C11H15IN3O/c1-2-8-4-3-5-9(6-8)7-12-10(13)11(14,15)16-10/h2-6H,1,7,13-15H2/q-1. The van der Waals surface area contributed by atoms with Crippen LogP contribution in [0.1, 0.15) is 11.1 Å². The first-order valence-electron chi connectivity index (χ1n) is 4.85. The van der Waals surface area contributed by atoms with Crippen molar-refractivity contribution in [2.45, 2.75) is 14.0 Å². The summed E-state index contributed by atoms with van der Waals surface area (Å²) in [5.41, 5.74) is 19.4. The van der Waals surface area contributed by atoms with Gasteiger partial charge in [0.15, 0.2) is 0 Å². The van der Waals surface area contributed by atoms with Crippen LogP contribution >= 0.6 is 0 Å². The fourth-order valence-corrected chi connectivity index (χ4v) is 3.93. The van der Waals surface area contributed by atoms with Crippen LogP contribution in [0.2, 0.25) is 0 Å². The molecule has 5 heteroatoms. The number of halogens is 1. The van der Waals surface area contributed by atoms with E-state index in [0.717, 1.165) is 9.99 Å². The van der Waals surface area contributed by atoms with Gasteiger partial charge in [-0.1, -0.05) is 0 Å². The predicted octanol–water partition coefficient (Wildman–Crippen LogP) is -2.87. The molecule has 1 saturated heterocycles. The Morgan fingerprint density at radius 3 is 2.62 bits per heavy atom. The first kappa shape index (κ1) is 12.0. The molecule has 1 unspecified atom stereocenters. The molecule has 1 aromatic carbocycles. The van der Waals surface area contributed by atoms with Crippen molar-refractivity contribution in [1.29, 1.82) is 0 Å². The summed E-state index contributed by atoms with van der Waals surface area (Å²) in [6, 6.07) is 8.17. The normalized spacial score (nSPS) is 26.7. The van der Waals surface area contributed by atoms with Gasteiger partial charge < -0.3 is 0 Å². The van der Waals surface area contributed by atoms with Gasteiger partial charge in [-0.05, 0) is 0 Å². The van der Waals surface area contributed by atoms with E-state index in [9.17, 15) is 0 Å². The molecule has 1 aromatic rings. The Morgan fingerprint density at radius 1 is 1.38 bits per heavy atom. The zero-order valence-electron chi connectivity index (χ0n) is 8.82. The molecule has 88 valence electrons. The topological polar surface area (TPSA) is 90.6 Å². The van der Waals surface area contributed by atoms with Crippen molar-refractivity contribution in [2.24, 2.45) is 17.2 Å². The van der Waals surface area contributed by atoms with E-state index in [1.807, 2.05) is 18.2 Å². The number of epoxide rings is 1. The van der Waals surface area contributed by atoms with Crippen LogP contribution in [0.3, 0.4) is 0 Å². The van der Waals surface area contributed by atoms with Gasteiger partial charge in [-0.3, -0.25) is 0 Å². The van der Waals surface area contributed by atoms with Gasteiger partial charge in [-0.2, -0.15) is 0 Å². The van der Waals surface area contributed by atoms with Crippen LogP contribution in [0, 0.1) is 0 Å². The van der Waals surface area contributed by atoms with Crippen molar-refractivity contribution in [1.82, 2.24) is 0 Å². The van der Waals surface area contributed by atoms with Gasteiger partial charge in [-0.25, -0.2) is 0 Å². The van der Waals surface area contributed by atoms with Crippen LogP contribution in [0.5, 0.6) is 0 Å².